The molecule has 2 amide bonds. The summed E-state index contributed by atoms with van der Waals surface area (Å²) in [6, 6.07) is -1.24. The number of hydrogen-bond acceptors (Lipinski definition) is 6. The molecular weight excluding hydrogens is 488 g/mol. The van der Waals surface area contributed by atoms with Crippen LogP contribution in [-0.4, -0.2) is 80.1 Å². The van der Waals surface area contributed by atoms with Gasteiger partial charge in [0.1, 0.15) is 6.04 Å². The maximum Gasteiger partial charge on any atom is 0.310 e. The van der Waals surface area contributed by atoms with E-state index in [0.717, 1.165) is 19.3 Å². The van der Waals surface area contributed by atoms with E-state index in [0.29, 0.717) is 13.0 Å². The number of carbonyl (C=O) groups is 3. The van der Waals surface area contributed by atoms with Gasteiger partial charge in [0.2, 0.25) is 11.8 Å². The molecule has 0 aromatic rings. The summed E-state index contributed by atoms with van der Waals surface area (Å²) in [6.45, 7) is 20.8. The number of hydrogen-bond donors (Lipinski definition) is 1. The van der Waals surface area contributed by atoms with Gasteiger partial charge in [0, 0.05) is 17.3 Å². The van der Waals surface area contributed by atoms with E-state index >= 15 is 0 Å². The van der Waals surface area contributed by atoms with Crippen LogP contribution in [0.25, 0.3) is 0 Å². The van der Waals surface area contributed by atoms with Gasteiger partial charge in [-0.3, -0.25) is 14.4 Å². The van der Waals surface area contributed by atoms with E-state index in [4.69, 9.17) is 4.74 Å². The number of nitrogens with zero attached hydrogens (tertiary/aromatic N) is 2. The van der Waals surface area contributed by atoms with Gasteiger partial charge in [-0.1, -0.05) is 47.1 Å². The molecule has 2 unspecified atom stereocenters. The molecule has 7 atom stereocenters. The maximum atomic E-state index is 14.8. The quantitative estimate of drug-likeness (QED) is 0.313. The second kappa shape index (κ2) is 10.9. The molecule has 3 aliphatic rings. The van der Waals surface area contributed by atoms with Crippen LogP contribution in [-0.2, 0) is 19.1 Å². The largest absolute Gasteiger partial charge is 0.466 e. The second-order valence-electron chi connectivity index (χ2n) is 13.0. The van der Waals surface area contributed by atoms with Crippen LogP contribution < -0.4 is 0 Å². The molecule has 3 aliphatic heterocycles. The van der Waals surface area contributed by atoms with E-state index in [1.54, 1.807) is 29.7 Å². The van der Waals surface area contributed by atoms with Crippen LogP contribution in [0.5, 0.6) is 0 Å². The fourth-order valence-corrected chi connectivity index (χ4v) is 9.54. The first kappa shape index (κ1) is 30.0. The molecule has 37 heavy (non-hydrogen) atoms. The molecule has 210 valence electrons. The summed E-state index contributed by atoms with van der Waals surface area (Å²) >= 11 is 1.64. The third kappa shape index (κ3) is 5.21. The smallest absolute Gasteiger partial charge is 0.310 e. The van der Waals surface area contributed by atoms with Crippen molar-refractivity contribution in [3.8, 4) is 0 Å². The summed E-state index contributed by atoms with van der Waals surface area (Å²) in [5, 5.41) is 10.5. The molecule has 3 fully saturated rings. The van der Waals surface area contributed by atoms with Crippen molar-refractivity contribution in [1.29, 1.82) is 0 Å². The number of esters is 1. The summed E-state index contributed by atoms with van der Waals surface area (Å²) in [4.78, 5) is 45.7. The standard InChI is InChI=1S/C29H48N2O5S/c1-10-15-30(28(8,9)17-27(5,6)7)25(34)23-29-14-13-20(37-29)21(26(35)36-12-3)22(29)24(33)31(23)19(16-32)18(4)11-2/h10,18-23,32H,1,11-17H2,2-9H3/t18-,19-,20-,21+,22-,23?,29?/m0/s1. The zero-order chi connectivity index (χ0) is 27.9. The number of carbonyl (C=O) groups excluding carboxylic acids is 3. The van der Waals surface area contributed by atoms with E-state index < -0.39 is 34.2 Å². The Morgan fingerprint density at radius 1 is 1.30 bits per heavy atom. The predicted molar refractivity (Wildman–Crippen MR) is 148 cm³/mol. The first-order valence-electron chi connectivity index (χ1n) is 13.9. The molecule has 0 saturated carbocycles. The lowest BCUT2D eigenvalue weighted by atomic mass is 9.71. The van der Waals surface area contributed by atoms with Crippen molar-refractivity contribution in [2.24, 2.45) is 23.2 Å². The zero-order valence-corrected chi connectivity index (χ0v) is 24.9. The van der Waals surface area contributed by atoms with Crippen LogP contribution in [0.3, 0.4) is 0 Å². The fraction of sp³-hybridized carbons (Fsp3) is 0.828. The monoisotopic (exact) mass is 536 g/mol. The Bertz CT molecular complexity index is 899. The van der Waals surface area contributed by atoms with Crippen LogP contribution in [0, 0.1) is 23.2 Å². The second-order valence-corrected chi connectivity index (χ2v) is 14.6. The summed E-state index contributed by atoms with van der Waals surface area (Å²) < 4.78 is 4.73. The molecule has 1 N–H and O–H groups in total. The molecule has 3 saturated heterocycles. The first-order chi connectivity index (χ1) is 17.2. The molecular formula is C29H48N2O5S. The predicted octanol–water partition coefficient (Wildman–Crippen LogP) is 4.28. The molecule has 0 radical (unpaired) electrons. The summed E-state index contributed by atoms with van der Waals surface area (Å²) in [6.07, 6.45) is 4.75. The Balaban J connectivity index is 2.15. The number of fused-ring (bicyclic) bond motifs is 1. The maximum absolute atomic E-state index is 14.8. The van der Waals surface area contributed by atoms with Gasteiger partial charge in [0.15, 0.2) is 0 Å². The number of aliphatic hydroxyl groups is 1. The van der Waals surface area contributed by atoms with Gasteiger partial charge in [-0.05, 0) is 51.4 Å². The number of thioether (sulfide) groups is 1. The number of rotatable bonds is 11. The Morgan fingerprint density at radius 3 is 2.46 bits per heavy atom. The van der Waals surface area contributed by atoms with E-state index in [1.807, 2.05) is 18.7 Å². The lowest BCUT2D eigenvalue weighted by Gasteiger charge is -2.47. The zero-order valence-electron chi connectivity index (χ0n) is 24.1. The van der Waals surface area contributed by atoms with Crippen LogP contribution in [0.1, 0.15) is 81.1 Å². The molecule has 0 aromatic heterocycles. The van der Waals surface area contributed by atoms with Crippen LogP contribution in [0.2, 0.25) is 0 Å². The highest BCUT2D eigenvalue weighted by Gasteiger charge is 2.75. The third-order valence-electron chi connectivity index (χ3n) is 8.65. The molecule has 3 heterocycles. The van der Waals surface area contributed by atoms with Crippen molar-refractivity contribution in [2.45, 2.75) is 109 Å². The van der Waals surface area contributed by atoms with Crippen LogP contribution >= 0.6 is 11.8 Å². The summed E-state index contributed by atoms with van der Waals surface area (Å²) in [7, 11) is 0. The highest BCUT2D eigenvalue weighted by atomic mass is 32.2. The number of aliphatic hydroxyl groups excluding tert-OH is 1. The molecule has 0 aliphatic carbocycles. The number of ether oxygens (including phenoxy) is 1. The van der Waals surface area contributed by atoms with Crippen LogP contribution in [0.4, 0.5) is 0 Å². The highest BCUT2D eigenvalue weighted by molar-refractivity contribution is 8.02. The number of amides is 2. The van der Waals surface area contributed by atoms with E-state index in [1.165, 1.54) is 0 Å². The molecule has 3 rings (SSSR count). The molecule has 7 nitrogen and oxygen atoms in total. The Kier molecular flexibility index (Phi) is 8.85. The Labute approximate surface area is 227 Å². The van der Waals surface area contributed by atoms with Gasteiger partial charge >= 0.3 is 5.97 Å². The van der Waals surface area contributed by atoms with Crippen molar-refractivity contribution in [2.75, 3.05) is 19.8 Å². The van der Waals surface area contributed by atoms with Crippen LogP contribution in [0.15, 0.2) is 12.7 Å². The van der Waals surface area contributed by atoms with Gasteiger partial charge in [-0.2, -0.15) is 0 Å². The first-order valence-corrected chi connectivity index (χ1v) is 14.8. The lowest BCUT2D eigenvalue weighted by molar-refractivity contribution is -0.154. The van der Waals surface area contributed by atoms with Crippen molar-refractivity contribution in [3.05, 3.63) is 12.7 Å². The van der Waals surface area contributed by atoms with Gasteiger partial charge in [0.05, 0.1) is 35.8 Å². The minimum atomic E-state index is -0.746. The Morgan fingerprint density at radius 2 is 1.95 bits per heavy atom. The van der Waals surface area contributed by atoms with Crippen molar-refractivity contribution >= 4 is 29.5 Å². The minimum absolute atomic E-state index is 0.00170. The average molecular weight is 537 g/mol. The molecule has 8 heteroatoms. The lowest BCUT2D eigenvalue weighted by Crippen LogP contribution is -2.62. The van der Waals surface area contributed by atoms with E-state index in [-0.39, 0.29) is 47.6 Å². The highest BCUT2D eigenvalue weighted by Crippen LogP contribution is 2.67. The topological polar surface area (TPSA) is 87.2 Å². The van der Waals surface area contributed by atoms with Gasteiger partial charge in [-0.25, -0.2) is 0 Å². The van der Waals surface area contributed by atoms with E-state index in [9.17, 15) is 19.5 Å². The summed E-state index contributed by atoms with van der Waals surface area (Å²) in [5.41, 5.74) is -0.505. The van der Waals surface area contributed by atoms with Gasteiger partial charge < -0.3 is 19.6 Å². The normalized spacial score (nSPS) is 30.7. The number of likely N-dealkylation sites (tertiary alicyclic amines) is 1. The average Bonchev–Trinajstić information content (AvgIpc) is 3.43. The van der Waals surface area contributed by atoms with E-state index in [2.05, 4.69) is 41.2 Å². The SMILES string of the molecule is C=CCN(C(=O)C1N([C@@H](CO)[C@@H](C)CC)C(=O)[C@@H]2[C@H](C(=O)OCC)[C@@H]3CCC12S3)C(C)(C)CC(C)(C)C. The third-order valence-corrected chi connectivity index (χ3v) is 10.6. The molecule has 0 aromatic carbocycles. The van der Waals surface area contributed by atoms with Crippen molar-refractivity contribution in [3.63, 3.8) is 0 Å². The fourth-order valence-electron chi connectivity index (χ4n) is 7.35. The summed E-state index contributed by atoms with van der Waals surface area (Å²) in [5.74, 6) is -1.80. The Hall–Kier alpha value is -1.54. The van der Waals surface area contributed by atoms with Crippen molar-refractivity contribution in [1.82, 2.24) is 9.80 Å². The minimum Gasteiger partial charge on any atom is -0.466 e. The van der Waals surface area contributed by atoms with Crippen molar-refractivity contribution < 1.29 is 24.2 Å². The molecule has 1 spiro atoms. The van der Waals surface area contributed by atoms with Gasteiger partial charge in [-0.15, -0.1) is 18.3 Å². The molecule has 2 bridgehead atoms. The van der Waals surface area contributed by atoms with Gasteiger partial charge in [0.25, 0.3) is 0 Å².